The molecule has 0 radical (unpaired) electrons. The normalized spacial score (nSPS) is 27.2. The average Bonchev–Trinajstić information content (AvgIpc) is 3.65. The predicted molar refractivity (Wildman–Crippen MR) is 224 cm³/mol. The standard InChI is InChI=1S/C46H58F2N2O9S/c1-9-30-12-13-31(41-43(56-28(4)52)40(55-27(3)51)26(2)44(58-41)60-8)21-32(30)20-29-10-15-35(16-11-29)57-36-18-19-50(24-36)34-23-39(49-45(53)59-46(5,6)7)42(54-25-34)37-22-33(47)14-17-38(37)48/h10-17,21-22,26,34,36,39-44H,9,18-20,23-25H2,1-8H3,(H,49,53)/t26-,34-,36+,39-,40-,41-,42+,43+,44+/m0/s1. The van der Waals surface area contributed by atoms with E-state index in [0.29, 0.717) is 19.4 Å². The highest BCUT2D eigenvalue weighted by Crippen LogP contribution is 2.42. The van der Waals surface area contributed by atoms with Gasteiger partial charge in [0.2, 0.25) is 0 Å². The fraction of sp³-hybridized carbons (Fsp3) is 0.543. The van der Waals surface area contributed by atoms with Crippen LogP contribution in [-0.4, -0.2) is 90.3 Å². The molecule has 0 saturated carbocycles. The molecule has 3 aliphatic heterocycles. The van der Waals surface area contributed by atoms with Crippen molar-refractivity contribution in [2.24, 2.45) is 5.92 Å². The van der Waals surface area contributed by atoms with Crippen LogP contribution in [0.4, 0.5) is 13.6 Å². The zero-order chi connectivity index (χ0) is 43.3. The van der Waals surface area contributed by atoms with E-state index in [-0.39, 0.29) is 35.7 Å². The molecular weight excluding hydrogens is 795 g/mol. The van der Waals surface area contributed by atoms with Crippen molar-refractivity contribution in [3.63, 3.8) is 0 Å². The van der Waals surface area contributed by atoms with Crippen molar-refractivity contribution in [1.82, 2.24) is 10.2 Å². The van der Waals surface area contributed by atoms with E-state index in [9.17, 15) is 23.2 Å². The summed E-state index contributed by atoms with van der Waals surface area (Å²) in [5, 5.41) is 2.87. The van der Waals surface area contributed by atoms with E-state index < -0.39 is 65.7 Å². The molecule has 0 bridgehead atoms. The molecule has 0 aliphatic carbocycles. The second kappa shape index (κ2) is 19.6. The van der Waals surface area contributed by atoms with Gasteiger partial charge in [-0.25, -0.2) is 13.6 Å². The van der Waals surface area contributed by atoms with Crippen molar-refractivity contribution in [1.29, 1.82) is 0 Å². The number of alkyl carbamates (subject to hydrolysis) is 1. The molecule has 3 heterocycles. The van der Waals surface area contributed by atoms with E-state index in [1.807, 2.05) is 31.4 Å². The molecule has 3 aliphatic rings. The van der Waals surface area contributed by atoms with Crippen molar-refractivity contribution in [3.8, 4) is 5.75 Å². The number of esters is 2. The highest BCUT2D eigenvalue weighted by Gasteiger charge is 2.48. The number of nitrogens with zero attached hydrogens (tertiary/aromatic N) is 1. The van der Waals surface area contributed by atoms with Crippen LogP contribution in [0.2, 0.25) is 0 Å². The van der Waals surface area contributed by atoms with Gasteiger partial charge in [0, 0.05) is 44.5 Å². The third kappa shape index (κ3) is 11.4. The number of hydrogen-bond donors (Lipinski definition) is 1. The second-order valence-corrected chi connectivity index (χ2v) is 17.9. The smallest absolute Gasteiger partial charge is 0.407 e. The van der Waals surface area contributed by atoms with E-state index in [4.69, 9.17) is 28.4 Å². The van der Waals surface area contributed by atoms with Gasteiger partial charge in [-0.2, -0.15) is 0 Å². The average molecular weight is 853 g/mol. The summed E-state index contributed by atoms with van der Waals surface area (Å²) in [6.45, 7) is 13.7. The third-order valence-corrected chi connectivity index (χ3v) is 12.3. The third-order valence-electron chi connectivity index (χ3n) is 11.3. The topological polar surface area (TPSA) is 122 Å². The van der Waals surface area contributed by atoms with E-state index >= 15 is 0 Å². The van der Waals surface area contributed by atoms with Crippen LogP contribution in [0.1, 0.15) is 101 Å². The van der Waals surface area contributed by atoms with Crippen LogP contribution in [0.25, 0.3) is 0 Å². The molecule has 14 heteroatoms. The fourth-order valence-corrected chi connectivity index (χ4v) is 9.33. The summed E-state index contributed by atoms with van der Waals surface area (Å²) >= 11 is 1.53. The Kier molecular flexibility index (Phi) is 14.8. The molecule has 60 heavy (non-hydrogen) atoms. The van der Waals surface area contributed by atoms with Crippen molar-refractivity contribution in [2.75, 3.05) is 26.0 Å². The highest BCUT2D eigenvalue weighted by molar-refractivity contribution is 7.99. The molecular formula is C46H58F2N2O9S. The van der Waals surface area contributed by atoms with Crippen molar-refractivity contribution >= 4 is 29.8 Å². The van der Waals surface area contributed by atoms with Crippen LogP contribution in [0.15, 0.2) is 60.7 Å². The molecule has 0 spiro atoms. The number of ether oxygens (including phenoxy) is 6. The van der Waals surface area contributed by atoms with Gasteiger partial charge in [0.05, 0.1) is 12.6 Å². The Hall–Kier alpha value is -4.24. The number of carbonyl (C=O) groups excluding carboxylic acids is 3. The lowest BCUT2D eigenvalue weighted by Gasteiger charge is -2.44. The van der Waals surface area contributed by atoms with Gasteiger partial charge in [-0.05, 0) is 105 Å². The quantitative estimate of drug-likeness (QED) is 0.140. The van der Waals surface area contributed by atoms with E-state index in [0.717, 1.165) is 60.0 Å². The number of halogens is 2. The molecule has 326 valence electrons. The van der Waals surface area contributed by atoms with Gasteiger partial charge in [0.15, 0.2) is 6.10 Å². The Bertz CT molecular complexity index is 1980. The summed E-state index contributed by atoms with van der Waals surface area (Å²) in [7, 11) is 0. The zero-order valence-electron chi connectivity index (χ0n) is 35.7. The predicted octanol–water partition coefficient (Wildman–Crippen LogP) is 8.25. The Balaban J connectivity index is 1.11. The van der Waals surface area contributed by atoms with Gasteiger partial charge in [-0.15, -0.1) is 11.8 Å². The number of likely N-dealkylation sites (tertiary alicyclic amines) is 1. The van der Waals surface area contributed by atoms with Crippen molar-refractivity contribution in [2.45, 2.75) is 128 Å². The lowest BCUT2D eigenvalue weighted by molar-refractivity contribution is -0.211. The first-order valence-corrected chi connectivity index (χ1v) is 22.0. The summed E-state index contributed by atoms with van der Waals surface area (Å²) in [5.74, 6) is -1.57. The van der Waals surface area contributed by atoms with Crippen molar-refractivity contribution in [3.05, 3.63) is 100 Å². The van der Waals surface area contributed by atoms with Gasteiger partial charge in [-0.1, -0.05) is 44.2 Å². The summed E-state index contributed by atoms with van der Waals surface area (Å²) in [6.07, 6.45) is 0.907. The number of rotatable bonds is 12. The van der Waals surface area contributed by atoms with Gasteiger partial charge >= 0.3 is 18.0 Å². The number of aryl methyl sites for hydroxylation is 1. The molecule has 3 saturated heterocycles. The molecule has 3 fully saturated rings. The van der Waals surface area contributed by atoms with Crippen LogP contribution in [0.5, 0.6) is 5.75 Å². The zero-order valence-corrected chi connectivity index (χ0v) is 36.5. The summed E-state index contributed by atoms with van der Waals surface area (Å²) in [4.78, 5) is 39.6. The molecule has 1 N–H and O–H groups in total. The minimum atomic E-state index is -0.886. The lowest BCUT2D eigenvalue weighted by atomic mass is 9.87. The largest absolute Gasteiger partial charge is 0.489 e. The van der Waals surface area contributed by atoms with Gasteiger partial charge < -0.3 is 33.7 Å². The van der Waals surface area contributed by atoms with Crippen LogP contribution < -0.4 is 10.1 Å². The maximum absolute atomic E-state index is 14.9. The molecule has 3 aromatic rings. The van der Waals surface area contributed by atoms with Gasteiger partial charge in [-0.3, -0.25) is 14.5 Å². The van der Waals surface area contributed by atoms with Crippen molar-refractivity contribution < 1.29 is 51.6 Å². The van der Waals surface area contributed by atoms with Crippen LogP contribution in [0.3, 0.4) is 0 Å². The maximum Gasteiger partial charge on any atom is 0.407 e. The van der Waals surface area contributed by atoms with Crippen LogP contribution in [-0.2, 0) is 46.1 Å². The number of thioether (sulfide) groups is 1. The minimum Gasteiger partial charge on any atom is -0.489 e. The first kappa shape index (κ1) is 45.3. The Morgan fingerprint density at radius 2 is 1.65 bits per heavy atom. The summed E-state index contributed by atoms with van der Waals surface area (Å²) < 4.78 is 65.4. The summed E-state index contributed by atoms with van der Waals surface area (Å²) in [6, 6.07) is 16.8. The van der Waals surface area contributed by atoms with Crippen LogP contribution in [0, 0.1) is 17.6 Å². The van der Waals surface area contributed by atoms with E-state index in [1.54, 1.807) is 20.8 Å². The van der Waals surface area contributed by atoms with E-state index in [1.165, 1.54) is 31.2 Å². The van der Waals surface area contributed by atoms with Crippen LogP contribution >= 0.6 is 11.8 Å². The fourth-order valence-electron chi connectivity index (χ4n) is 8.51. The Morgan fingerprint density at radius 3 is 2.32 bits per heavy atom. The molecule has 11 nitrogen and oxygen atoms in total. The molecule has 0 unspecified atom stereocenters. The SMILES string of the molecule is CCc1ccc([C@@H]2O[C@H](SC)[C@@H](C)[C@H](OC(C)=O)[C@H]2OC(C)=O)cc1Cc1ccc(O[C@@H]2CCN([C@@H]3CO[C@H](c4cc(F)ccc4F)[C@@H](NC(=O)OC(C)(C)C)C3)C2)cc1. The number of hydrogen-bond acceptors (Lipinski definition) is 11. The lowest BCUT2D eigenvalue weighted by Crippen LogP contribution is -2.52. The second-order valence-electron chi connectivity index (χ2n) is 17.0. The Morgan fingerprint density at radius 1 is 0.933 bits per heavy atom. The monoisotopic (exact) mass is 852 g/mol. The highest BCUT2D eigenvalue weighted by atomic mass is 32.2. The van der Waals surface area contributed by atoms with Gasteiger partial charge in [0.1, 0.15) is 52.8 Å². The molecule has 3 aromatic carbocycles. The van der Waals surface area contributed by atoms with Gasteiger partial charge in [0.25, 0.3) is 0 Å². The maximum atomic E-state index is 14.9. The molecule has 1 amide bonds. The number of amides is 1. The number of nitrogens with one attached hydrogen (secondary N) is 1. The summed E-state index contributed by atoms with van der Waals surface area (Å²) in [5.41, 5.74) is 3.26. The first-order valence-electron chi connectivity index (χ1n) is 20.7. The molecule has 6 rings (SSSR count). The number of benzene rings is 3. The molecule has 9 atom stereocenters. The number of carbonyl (C=O) groups is 3. The minimum absolute atomic E-state index is 0.0544. The Labute approximate surface area is 356 Å². The first-order chi connectivity index (χ1) is 28.5. The molecule has 0 aromatic heterocycles. The van der Waals surface area contributed by atoms with E-state index in [2.05, 4.69) is 41.4 Å².